The first kappa shape index (κ1) is 37.7. The van der Waals surface area contributed by atoms with Crippen molar-refractivity contribution in [1.29, 1.82) is 0 Å². The van der Waals surface area contributed by atoms with E-state index in [1.165, 1.54) is 0 Å². The monoisotopic (exact) mass is 697 g/mol. The van der Waals surface area contributed by atoms with Gasteiger partial charge in [-0.15, -0.1) is 0 Å². The average Bonchev–Trinajstić information content (AvgIpc) is 3.38. The molecule has 0 spiro atoms. The number of carboxylic acids is 1. The van der Waals surface area contributed by atoms with E-state index < -0.39 is 26.6 Å². The average molecular weight is 698 g/mol. The van der Waals surface area contributed by atoms with Gasteiger partial charge in [-0.2, -0.15) is 4.58 Å². The van der Waals surface area contributed by atoms with Crippen LogP contribution in [-0.2, 0) is 33.8 Å². The van der Waals surface area contributed by atoms with Gasteiger partial charge in [-0.25, -0.2) is 0 Å². The summed E-state index contributed by atoms with van der Waals surface area (Å²) in [4.78, 5) is 38.4. The summed E-state index contributed by atoms with van der Waals surface area (Å²) in [6, 6.07) is 15.8. The standard InChI is InChI=1S/C36H48N2O8P2/c1-6-45-47(41,42)26-24-37-30-18-13-11-16-28(30)35(3,4)32(37)20-9-8-10-21-33-36(5,23-15-22-34(39)40)29-17-12-14-19-31(29)38(33)25-27-48(43,44)46-7-2/h8-14,16-21H,6-7,15,22-27H2,1-5H3,(H2-,39,40,41,42,43,44)/p-1. The van der Waals surface area contributed by atoms with E-state index in [4.69, 9.17) is 9.05 Å². The van der Waals surface area contributed by atoms with Gasteiger partial charge in [-0.3, -0.25) is 4.79 Å². The van der Waals surface area contributed by atoms with E-state index >= 15 is 0 Å². The molecule has 12 heteroatoms. The molecule has 0 amide bonds. The van der Waals surface area contributed by atoms with Gasteiger partial charge in [0.2, 0.25) is 5.69 Å². The van der Waals surface area contributed by atoms with Crippen molar-refractivity contribution in [3.8, 4) is 0 Å². The largest absolute Gasteiger partial charge is 0.778 e. The van der Waals surface area contributed by atoms with Crippen LogP contribution >= 0.6 is 15.2 Å². The Morgan fingerprint density at radius 2 is 1.54 bits per heavy atom. The molecule has 0 saturated heterocycles. The number of aliphatic carboxylic acids is 1. The summed E-state index contributed by atoms with van der Waals surface area (Å²) in [6.45, 7) is 10.2. The Labute approximate surface area is 284 Å². The number of carboxylic acid groups (broad SMARTS) is 1. The summed E-state index contributed by atoms with van der Waals surface area (Å²) >= 11 is 0. The molecule has 48 heavy (non-hydrogen) atoms. The first-order valence-electron chi connectivity index (χ1n) is 16.4. The summed E-state index contributed by atoms with van der Waals surface area (Å²) < 4.78 is 37.1. The maximum Gasteiger partial charge on any atom is 0.303 e. The number of carbonyl (C=O) groups is 1. The fraction of sp³-hybridized carbons (Fsp3) is 0.444. The second-order valence-corrected chi connectivity index (χ2v) is 16.6. The van der Waals surface area contributed by atoms with Crippen molar-refractivity contribution in [2.45, 2.75) is 64.7 Å². The Hall–Kier alpha value is -3.10. The number of hydrogen-bond donors (Lipinski definition) is 1. The molecule has 0 bridgehead atoms. The SMILES string of the molecule is CCOP(=O)([O-])CCN1/C(=C/C=C/C=C/C2=[N+](CCP(=O)([O-])OCC)c3ccccc3C2(C)C)C(C)(CCCC(=O)O)c2ccccc21. The first-order chi connectivity index (χ1) is 22.7. The van der Waals surface area contributed by atoms with Crippen LogP contribution in [0.15, 0.2) is 84.6 Å². The first-order valence-corrected chi connectivity index (χ1v) is 19.9. The molecular formula is C36H47N2O8P2-. The van der Waals surface area contributed by atoms with E-state index in [1.54, 1.807) is 13.8 Å². The molecule has 2 aromatic carbocycles. The van der Waals surface area contributed by atoms with E-state index in [2.05, 4.69) is 26.8 Å². The fourth-order valence-corrected chi connectivity index (χ4v) is 8.75. The maximum absolute atomic E-state index is 12.6. The Morgan fingerprint density at radius 1 is 0.917 bits per heavy atom. The van der Waals surface area contributed by atoms with Crippen LogP contribution in [0.5, 0.6) is 0 Å². The number of hydrogen-bond acceptors (Lipinski definition) is 8. The number of nitrogens with zero attached hydrogens (tertiary/aromatic N) is 2. The minimum Gasteiger partial charge on any atom is -0.778 e. The van der Waals surface area contributed by atoms with Gasteiger partial charge in [-0.05, 0) is 65.2 Å². The molecule has 2 aliphatic rings. The van der Waals surface area contributed by atoms with Crippen LogP contribution in [0.25, 0.3) is 0 Å². The molecule has 2 heterocycles. The van der Waals surface area contributed by atoms with Gasteiger partial charge in [0.1, 0.15) is 15.2 Å². The molecule has 10 nitrogen and oxygen atoms in total. The Kier molecular flexibility index (Phi) is 12.3. The fourth-order valence-electron chi connectivity index (χ4n) is 6.82. The molecule has 0 fully saturated rings. The summed E-state index contributed by atoms with van der Waals surface area (Å²) in [7, 11) is -8.03. The van der Waals surface area contributed by atoms with Crippen LogP contribution in [0.1, 0.15) is 65.0 Å². The molecule has 260 valence electrons. The predicted molar refractivity (Wildman–Crippen MR) is 186 cm³/mol. The number of allylic oxidation sites excluding steroid dienone is 6. The van der Waals surface area contributed by atoms with Crippen LogP contribution in [-0.4, -0.2) is 60.0 Å². The second kappa shape index (κ2) is 15.6. The van der Waals surface area contributed by atoms with Crippen molar-refractivity contribution in [3.05, 3.63) is 95.7 Å². The summed E-state index contributed by atoms with van der Waals surface area (Å²) in [6.07, 6.45) is 10.4. The van der Waals surface area contributed by atoms with Crippen LogP contribution in [0.4, 0.5) is 11.4 Å². The lowest BCUT2D eigenvalue weighted by Gasteiger charge is -2.32. The van der Waals surface area contributed by atoms with Crippen molar-refractivity contribution in [1.82, 2.24) is 0 Å². The van der Waals surface area contributed by atoms with E-state index in [1.807, 2.05) is 82.3 Å². The third-order valence-electron chi connectivity index (χ3n) is 9.09. The zero-order chi connectivity index (χ0) is 35.2. The van der Waals surface area contributed by atoms with Crippen molar-refractivity contribution < 1.29 is 42.4 Å². The van der Waals surface area contributed by atoms with Gasteiger partial charge in [0.15, 0.2) is 12.3 Å². The highest BCUT2D eigenvalue weighted by molar-refractivity contribution is 7.51. The number of rotatable bonds is 17. The third kappa shape index (κ3) is 8.54. The molecule has 2 aromatic rings. The normalized spacial score (nSPS) is 22.0. The molecule has 0 radical (unpaired) electrons. The Balaban J connectivity index is 1.69. The van der Waals surface area contributed by atoms with Gasteiger partial charge in [-0.1, -0.05) is 54.6 Å². The smallest absolute Gasteiger partial charge is 0.303 e. The quantitative estimate of drug-likeness (QED) is 0.115. The van der Waals surface area contributed by atoms with Crippen molar-refractivity contribution in [3.63, 3.8) is 0 Å². The summed E-state index contributed by atoms with van der Waals surface area (Å²) in [5, 5.41) is 9.34. The highest BCUT2D eigenvalue weighted by atomic mass is 31.2. The van der Waals surface area contributed by atoms with E-state index in [0.717, 1.165) is 33.9 Å². The number of para-hydroxylation sites is 2. The van der Waals surface area contributed by atoms with Crippen LogP contribution < -0.4 is 14.7 Å². The lowest BCUT2D eigenvalue weighted by molar-refractivity contribution is -0.433. The Bertz CT molecular complexity index is 1710. The van der Waals surface area contributed by atoms with Gasteiger partial charge >= 0.3 is 5.97 Å². The van der Waals surface area contributed by atoms with Gasteiger partial charge in [0.05, 0.1) is 24.8 Å². The minimum atomic E-state index is -4.05. The Morgan fingerprint density at radius 3 is 2.21 bits per heavy atom. The number of anilines is 1. The van der Waals surface area contributed by atoms with Crippen LogP contribution in [0.2, 0.25) is 0 Å². The van der Waals surface area contributed by atoms with Crippen LogP contribution in [0.3, 0.4) is 0 Å². The molecule has 1 N–H and O–H groups in total. The molecule has 0 aliphatic carbocycles. The summed E-state index contributed by atoms with van der Waals surface area (Å²) in [5.74, 6) is -0.860. The zero-order valence-corrected chi connectivity index (χ0v) is 30.3. The topological polar surface area (TPSA) is 142 Å². The van der Waals surface area contributed by atoms with Crippen molar-refractivity contribution in [2.24, 2.45) is 0 Å². The van der Waals surface area contributed by atoms with Crippen LogP contribution in [0, 0.1) is 0 Å². The third-order valence-corrected chi connectivity index (χ3v) is 11.9. The predicted octanol–water partition coefficient (Wildman–Crippen LogP) is 6.27. The van der Waals surface area contributed by atoms with Gasteiger partial charge < -0.3 is 38.0 Å². The lowest BCUT2D eigenvalue weighted by Crippen LogP contribution is -2.31. The maximum atomic E-state index is 12.6. The van der Waals surface area contributed by atoms with E-state index in [9.17, 15) is 28.8 Å². The van der Waals surface area contributed by atoms with Crippen molar-refractivity contribution >= 4 is 38.2 Å². The zero-order valence-electron chi connectivity index (χ0n) is 28.5. The molecule has 3 unspecified atom stereocenters. The molecule has 2 aliphatic heterocycles. The van der Waals surface area contributed by atoms with Gasteiger partial charge in [0.25, 0.3) is 0 Å². The molecule has 3 atom stereocenters. The second-order valence-electron chi connectivity index (χ2n) is 12.7. The molecule has 0 saturated carbocycles. The van der Waals surface area contributed by atoms with Gasteiger partial charge in [0, 0.05) is 53.6 Å². The van der Waals surface area contributed by atoms with E-state index in [-0.39, 0.29) is 50.5 Å². The minimum absolute atomic E-state index is 0.0311. The lowest BCUT2D eigenvalue weighted by atomic mass is 9.77. The molecular weight excluding hydrogens is 650 g/mol. The highest BCUT2D eigenvalue weighted by Gasteiger charge is 2.45. The van der Waals surface area contributed by atoms with Crippen molar-refractivity contribution in [2.75, 3.05) is 43.5 Å². The van der Waals surface area contributed by atoms with E-state index in [0.29, 0.717) is 12.8 Å². The number of fused-ring (bicyclic) bond motifs is 2. The molecule has 0 aromatic heterocycles. The summed E-state index contributed by atoms with van der Waals surface area (Å²) in [5.41, 5.74) is 4.87. The number of benzene rings is 2. The highest BCUT2D eigenvalue weighted by Crippen LogP contribution is 2.51. The molecule has 4 rings (SSSR count).